The van der Waals surface area contributed by atoms with Gasteiger partial charge < -0.3 is 14.8 Å². The maximum absolute atomic E-state index is 11.7. The van der Waals surface area contributed by atoms with Gasteiger partial charge in [0.25, 0.3) is 0 Å². The standard InChI is InChI=1S/C14H25NO3/c1-5-6-12(3)13(16)15-10-11(2)9-14(4)17-7-8-18-14/h6,11H,5,7-10H2,1-4H3,(H,15,16)/b12-6-/t11-/m1/s1. The molecule has 0 aromatic rings. The molecule has 1 rings (SSSR count). The van der Waals surface area contributed by atoms with Gasteiger partial charge in [-0.25, -0.2) is 0 Å². The first kappa shape index (κ1) is 15.2. The van der Waals surface area contributed by atoms with Crippen molar-refractivity contribution in [3.8, 4) is 0 Å². The van der Waals surface area contributed by atoms with Gasteiger partial charge in [-0.05, 0) is 26.2 Å². The predicted octanol–water partition coefficient (Wildman–Crippen LogP) is 2.25. The third-order valence-corrected chi connectivity index (χ3v) is 3.10. The van der Waals surface area contributed by atoms with Gasteiger partial charge in [-0.15, -0.1) is 0 Å². The molecule has 0 bridgehead atoms. The average Bonchev–Trinajstić information content (AvgIpc) is 2.72. The molecule has 18 heavy (non-hydrogen) atoms. The Morgan fingerprint density at radius 3 is 2.61 bits per heavy atom. The molecule has 4 nitrogen and oxygen atoms in total. The van der Waals surface area contributed by atoms with Crippen LogP contribution < -0.4 is 5.32 Å². The summed E-state index contributed by atoms with van der Waals surface area (Å²) in [5.41, 5.74) is 0.782. The summed E-state index contributed by atoms with van der Waals surface area (Å²) in [6.45, 7) is 9.89. The highest BCUT2D eigenvalue weighted by atomic mass is 16.7. The summed E-state index contributed by atoms with van der Waals surface area (Å²) in [5, 5.41) is 2.94. The molecule has 4 heteroatoms. The molecular formula is C14H25NO3. The van der Waals surface area contributed by atoms with Crippen molar-refractivity contribution in [2.45, 2.75) is 46.3 Å². The number of rotatable bonds is 6. The first-order chi connectivity index (χ1) is 8.47. The van der Waals surface area contributed by atoms with Crippen LogP contribution in [0, 0.1) is 5.92 Å². The van der Waals surface area contributed by atoms with E-state index in [1.807, 2.05) is 26.8 Å². The Hall–Kier alpha value is -0.870. The van der Waals surface area contributed by atoms with E-state index >= 15 is 0 Å². The number of carbonyl (C=O) groups is 1. The topological polar surface area (TPSA) is 47.6 Å². The molecule has 1 saturated heterocycles. The second-order valence-corrected chi connectivity index (χ2v) is 5.15. The van der Waals surface area contributed by atoms with E-state index in [-0.39, 0.29) is 5.91 Å². The minimum absolute atomic E-state index is 0.0158. The zero-order valence-electron chi connectivity index (χ0n) is 11.9. The quantitative estimate of drug-likeness (QED) is 0.740. The van der Waals surface area contributed by atoms with Crippen molar-refractivity contribution in [1.29, 1.82) is 0 Å². The molecule has 1 atom stereocenters. The van der Waals surface area contributed by atoms with Crippen molar-refractivity contribution in [1.82, 2.24) is 5.32 Å². The van der Waals surface area contributed by atoms with Gasteiger partial charge in [0.2, 0.25) is 5.91 Å². The lowest BCUT2D eigenvalue weighted by Gasteiger charge is -2.26. The molecule has 0 aromatic carbocycles. The van der Waals surface area contributed by atoms with E-state index in [2.05, 4.69) is 12.2 Å². The van der Waals surface area contributed by atoms with Gasteiger partial charge in [0.05, 0.1) is 13.2 Å². The van der Waals surface area contributed by atoms with Gasteiger partial charge in [-0.1, -0.05) is 19.9 Å². The number of ether oxygens (including phenoxy) is 2. The van der Waals surface area contributed by atoms with Crippen LogP contribution >= 0.6 is 0 Å². The fourth-order valence-corrected chi connectivity index (χ4v) is 2.19. The van der Waals surface area contributed by atoms with Gasteiger partial charge in [0.15, 0.2) is 5.79 Å². The summed E-state index contributed by atoms with van der Waals surface area (Å²) >= 11 is 0. The summed E-state index contributed by atoms with van der Waals surface area (Å²) < 4.78 is 11.1. The largest absolute Gasteiger partial charge is 0.352 e. The van der Waals surface area contributed by atoms with E-state index in [4.69, 9.17) is 9.47 Å². The SMILES string of the molecule is CC/C=C(/C)C(=O)NC[C@H](C)CC1(C)OCCO1. The van der Waals surface area contributed by atoms with Crippen molar-refractivity contribution in [3.05, 3.63) is 11.6 Å². The zero-order valence-corrected chi connectivity index (χ0v) is 11.9. The van der Waals surface area contributed by atoms with Crippen molar-refractivity contribution < 1.29 is 14.3 Å². The van der Waals surface area contributed by atoms with Crippen LogP contribution in [0.4, 0.5) is 0 Å². The molecule has 0 aliphatic carbocycles. The Morgan fingerprint density at radius 1 is 1.44 bits per heavy atom. The number of allylic oxidation sites excluding steroid dienone is 1. The van der Waals surface area contributed by atoms with Crippen LogP contribution in [0.3, 0.4) is 0 Å². The van der Waals surface area contributed by atoms with E-state index in [9.17, 15) is 4.79 Å². The Kier molecular flexibility index (Phi) is 5.82. The van der Waals surface area contributed by atoms with Crippen LogP contribution in [0.1, 0.15) is 40.5 Å². The van der Waals surface area contributed by atoms with Crippen LogP contribution in [-0.2, 0) is 14.3 Å². The molecule has 0 radical (unpaired) electrons. The second-order valence-electron chi connectivity index (χ2n) is 5.15. The molecule has 0 unspecified atom stereocenters. The van der Waals surface area contributed by atoms with E-state index in [0.29, 0.717) is 25.7 Å². The number of hydrogen-bond acceptors (Lipinski definition) is 3. The molecule has 1 amide bonds. The van der Waals surface area contributed by atoms with Crippen molar-refractivity contribution in [3.63, 3.8) is 0 Å². The lowest BCUT2D eigenvalue weighted by molar-refractivity contribution is -0.154. The minimum atomic E-state index is -0.474. The Balaban J connectivity index is 2.30. The Morgan fingerprint density at radius 2 is 2.06 bits per heavy atom. The summed E-state index contributed by atoms with van der Waals surface area (Å²) in [4.78, 5) is 11.7. The van der Waals surface area contributed by atoms with Crippen LogP contribution in [0.5, 0.6) is 0 Å². The highest BCUT2D eigenvalue weighted by Gasteiger charge is 2.32. The Bertz CT molecular complexity index is 306. The molecule has 104 valence electrons. The van der Waals surface area contributed by atoms with Crippen molar-refractivity contribution in [2.75, 3.05) is 19.8 Å². The molecule has 0 aromatic heterocycles. The van der Waals surface area contributed by atoms with Crippen LogP contribution in [0.15, 0.2) is 11.6 Å². The monoisotopic (exact) mass is 255 g/mol. The third kappa shape index (κ3) is 4.78. The lowest BCUT2D eigenvalue weighted by atomic mass is 10.0. The lowest BCUT2D eigenvalue weighted by Crippen LogP contribution is -2.34. The number of hydrogen-bond donors (Lipinski definition) is 1. The second kappa shape index (κ2) is 6.90. The molecule has 1 fully saturated rings. The van der Waals surface area contributed by atoms with E-state index in [0.717, 1.165) is 18.4 Å². The summed E-state index contributed by atoms with van der Waals surface area (Å²) in [6.07, 6.45) is 3.61. The first-order valence-corrected chi connectivity index (χ1v) is 6.69. The number of amides is 1. The smallest absolute Gasteiger partial charge is 0.246 e. The number of carbonyl (C=O) groups excluding carboxylic acids is 1. The Labute approximate surface area is 110 Å². The van der Waals surface area contributed by atoms with Crippen LogP contribution in [0.2, 0.25) is 0 Å². The van der Waals surface area contributed by atoms with Gasteiger partial charge in [-0.3, -0.25) is 4.79 Å². The molecule has 0 spiro atoms. The fourth-order valence-electron chi connectivity index (χ4n) is 2.19. The van der Waals surface area contributed by atoms with Gasteiger partial charge in [0.1, 0.15) is 0 Å². The zero-order chi connectivity index (χ0) is 13.6. The van der Waals surface area contributed by atoms with E-state index in [1.165, 1.54) is 0 Å². The summed E-state index contributed by atoms with van der Waals surface area (Å²) in [6, 6.07) is 0. The van der Waals surface area contributed by atoms with Crippen molar-refractivity contribution in [2.24, 2.45) is 5.92 Å². The third-order valence-electron chi connectivity index (χ3n) is 3.10. The van der Waals surface area contributed by atoms with Gasteiger partial charge in [-0.2, -0.15) is 0 Å². The highest BCUT2D eigenvalue weighted by molar-refractivity contribution is 5.92. The summed E-state index contributed by atoms with van der Waals surface area (Å²) in [7, 11) is 0. The van der Waals surface area contributed by atoms with Crippen molar-refractivity contribution >= 4 is 5.91 Å². The molecule has 1 aliphatic heterocycles. The highest BCUT2D eigenvalue weighted by Crippen LogP contribution is 2.26. The molecule has 1 heterocycles. The number of nitrogens with one attached hydrogen (secondary N) is 1. The first-order valence-electron chi connectivity index (χ1n) is 6.69. The molecule has 0 saturated carbocycles. The predicted molar refractivity (Wildman–Crippen MR) is 71.1 cm³/mol. The molecular weight excluding hydrogens is 230 g/mol. The van der Waals surface area contributed by atoms with E-state index in [1.54, 1.807) is 0 Å². The van der Waals surface area contributed by atoms with Gasteiger partial charge in [0, 0.05) is 18.5 Å². The normalized spacial score (nSPS) is 20.8. The van der Waals surface area contributed by atoms with E-state index < -0.39 is 5.79 Å². The average molecular weight is 255 g/mol. The van der Waals surface area contributed by atoms with Crippen LogP contribution in [-0.4, -0.2) is 31.5 Å². The molecule has 1 aliphatic rings. The minimum Gasteiger partial charge on any atom is -0.352 e. The molecule has 1 N–H and O–H groups in total. The summed E-state index contributed by atoms with van der Waals surface area (Å²) in [5.74, 6) is -0.132. The van der Waals surface area contributed by atoms with Crippen LogP contribution in [0.25, 0.3) is 0 Å². The maximum atomic E-state index is 11.7. The maximum Gasteiger partial charge on any atom is 0.246 e. The van der Waals surface area contributed by atoms with Gasteiger partial charge >= 0.3 is 0 Å². The fraction of sp³-hybridized carbons (Fsp3) is 0.786.